The summed E-state index contributed by atoms with van der Waals surface area (Å²) in [4.78, 5) is 16.0. The van der Waals surface area contributed by atoms with E-state index in [9.17, 15) is 4.79 Å². The molecule has 1 aliphatic heterocycles. The Balaban J connectivity index is 2.24. The molecule has 71 valence electrons. The van der Waals surface area contributed by atoms with E-state index in [0.29, 0.717) is 16.8 Å². The van der Waals surface area contributed by atoms with Crippen LogP contribution in [0.5, 0.6) is 0 Å². The van der Waals surface area contributed by atoms with Crippen molar-refractivity contribution >= 4 is 17.2 Å². The zero-order valence-electron chi connectivity index (χ0n) is 7.84. The van der Waals surface area contributed by atoms with E-state index in [1.54, 1.807) is 24.5 Å². The molecule has 15 heavy (non-hydrogen) atoms. The summed E-state index contributed by atoms with van der Waals surface area (Å²) in [5.74, 6) is 0.0259. The van der Waals surface area contributed by atoms with Crippen molar-refractivity contribution in [3.63, 3.8) is 0 Å². The normalized spacial score (nSPS) is 12.7. The van der Waals surface area contributed by atoms with Gasteiger partial charge in [-0.2, -0.15) is 0 Å². The van der Waals surface area contributed by atoms with Gasteiger partial charge in [0.2, 0.25) is 0 Å². The molecule has 3 heteroatoms. The Labute approximate surface area is 86.8 Å². The SMILES string of the molecule is O=C1c2ccccc2[N]c2cnccc21. The van der Waals surface area contributed by atoms with Crippen molar-refractivity contribution in [1.82, 2.24) is 10.3 Å². The first-order valence-electron chi connectivity index (χ1n) is 4.66. The van der Waals surface area contributed by atoms with Gasteiger partial charge in [0.05, 0.1) is 23.1 Å². The van der Waals surface area contributed by atoms with Crippen LogP contribution in [0.25, 0.3) is 0 Å². The summed E-state index contributed by atoms with van der Waals surface area (Å²) >= 11 is 0. The minimum absolute atomic E-state index is 0.0259. The molecule has 1 aromatic heterocycles. The number of para-hydroxylation sites is 1. The van der Waals surface area contributed by atoms with Gasteiger partial charge in [0.25, 0.3) is 0 Å². The van der Waals surface area contributed by atoms with Gasteiger partial charge in [-0.3, -0.25) is 9.78 Å². The van der Waals surface area contributed by atoms with Crippen molar-refractivity contribution in [3.8, 4) is 0 Å². The molecule has 0 unspecified atom stereocenters. The van der Waals surface area contributed by atoms with Crippen LogP contribution in [-0.2, 0) is 0 Å². The topological polar surface area (TPSA) is 44.1 Å². The van der Waals surface area contributed by atoms with Crippen molar-refractivity contribution in [3.05, 3.63) is 53.9 Å². The maximum Gasteiger partial charge on any atom is 0.197 e. The van der Waals surface area contributed by atoms with E-state index in [-0.39, 0.29) is 5.78 Å². The molecule has 2 aromatic rings. The van der Waals surface area contributed by atoms with Crippen molar-refractivity contribution in [2.45, 2.75) is 0 Å². The maximum atomic E-state index is 12.0. The molecule has 0 fully saturated rings. The minimum Gasteiger partial charge on any atom is -0.288 e. The van der Waals surface area contributed by atoms with E-state index >= 15 is 0 Å². The quantitative estimate of drug-likeness (QED) is 0.552. The van der Waals surface area contributed by atoms with E-state index in [1.165, 1.54) is 0 Å². The molecular weight excluding hydrogens is 188 g/mol. The van der Waals surface area contributed by atoms with Crippen LogP contribution >= 0.6 is 0 Å². The van der Waals surface area contributed by atoms with Crippen LogP contribution in [0.15, 0.2) is 42.7 Å². The summed E-state index contributed by atoms with van der Waals surface area (Å²) in [5.41, 5.74) is 2.67. The number of hydrogen-bond donors (Lipinski definition) is 0. The van der Waals surface area contributed by atoms with Crippen LogP contribution in [0, 0.1) is 0 Å². The number of rotatable bonds is 0. The van der Waals surface area contributed by atoms with Crippen molar-refractivity contribution < 1.29 is 4.79 Å². The average molecular weight is 195 g/mol. The van der Waals surface area contributed by atoms with Crippen LogP contribution in [0.3, 0.4) is 0 Å². The number of pyridine rings is 1. The zero-order valence-corrected chi connectivity index (χ0v) is 7.84. The molecule has 1 aromatic carbocycles. The third kappa shape index (κ3) is 1.13. The monoisotopic (exact) mass is 195 g/mol. The van der Waals surface area contributed by atoms with Gasteiger partial charge in [0.15, 0.2) is 5.78 Å². The Bertz CT molecular complexity index is 501. The lowest BCUT2D eigenvalue weighted by Crippen LogP contribution is -2.13. The molecule has 0 amide bonds. The highest BCUT2D eigenvalue weighted by Crippen LogP contribution is 2.31. The number of fused-ring (bicyclic) bond motifs is 2. The molecular formula is C12H7N2O. The second-order valence-electron chi connectivity index (χ2n) is 3.35. The maximum absolute atomic E-state index is 12.0. The van der Waals surface area contributed by atoms with Gasteiger partial charge in [0.1, 0.15) is 0 Å². The number of benzene rings is 1. The first-order chi connectivity index (χ1) is 7.36. The minimum atomic E-state index is 0.0259. The Morgan fingerprint density at radius 2 is 1.73 bits per heavy atom. The lowest BCUT2D eigenvalue weighted by molar-refractivity contribution is 0.103. The van der Waals surface area contributed by atoms with Crippen LogP contribution in [0.2, 0.25) is 0 Å². The number of hydrogen-bond acceptors (Lipinski definition) is 2. The average Bonchev–Trinajstić information content (AvgIpc) is 2.30. The summed E-state index contributed by atoms with van der Waals surface area (Å²) < 4.78 is 0. The van der Waals surface area contributed by atoms with Crippen LogP contribution in [0.1, 0.15) is 15.9 Å². The Kier molecular flexibility index (Phi) is 1.59. The Morgan fingerprint density at radius 3 is 2.67 bits per heavy atom. The molecule has 3 nitrogen and oxygen atoms in total. The van der Waals surface area contributed by atoms with Crippen LogP contribution in [-0.4, -0.2) is 10.8 Å². The van der Waals surface area contributed by atoms with Gasteiger partial charge in [-0.15, -0.1) is 0 Å². The molecule has 0 atom stereocenters. The first kappa shape index (κ1) is 8.17. The fraction of sp³-hybridized carbons (Fsp3) is 0. The lowest BCUT2D eigenvalue weighted by atomic mass is 9.97. The molecule has 0 saturated heterocycles. The van der Waals surface area contributed by atoms with Gasteiger partial charge >= 0.3 is 0 Å². The van der Waals surface area contributed by atoms with E-state index < -0.39 is 0 Å². The highest BCUT2D eigenvalue weighted by molar-refractivity contribution is 6.16. The number of nitrogens with zero attached hydrogens (tertiary/aromatic N) is 2. The third-order valence-electron chi connectivity index (χ3n) is 2.43. The standard InChI is InChI=1S/C12H7N2O/c15-12-8-3-1-2-4-10(8)14-11-7-13-6-5-9(11)12/h1-7H. The van der Waals surface area contributed by atoms with Gasteiger partial charge in [-0.25, -0.2) is 5.32 Å². The van der Waals surface area contributed by atoms with Crippen molar-refractivity contribution in [1.29, 1.82) is 0 Å². The lowest BCUT2D eigenvalue weighted by Gasteiger charge is -2.16. The number of aromatic nitrogens is 1. The van der Waals surface area contributed by atoms with E-state index in [2.05, 4.69) is 10.3 Å². The first-order valence-corrected chi connectivity index (χ1v) is 4.66. The highest BCUT2D eigenvalue weighted by Gasteiger charge is 2.23. The molecule has 0 saturated carbocycles. The van der Waals surface area contributed by atoms with Crippen LogP contribution < -0.4 is 5.32 Å². The van der Waals surface area contributed by atoms with Gasteiger partial charge in [-0.1, -0.05) is 12.1 Å². The van der Waals surface area contributed by atoms with Crippen LogP contribution in [0.4, 0.5) is 11.4 Å². The molecule has 1 aliphatic rings. The van der Waals surface area contributed by atoms with Gasteiger partial charge in [0, 0.05) is 11.8 Å². The smallest absolute Gasteiger partial charge is 0.197 e. The Morgan fingerprint density at radius 1 is 0.933 bits per heavy atom. The summed E-state index contributed by atoms with van der Waals surface area (Å²) in [6, 6.07) is 9.06. The molecule has 0 spiro atoms. The Hall–Kier alpha value is -2.16. The second kappa shape index (κ2) is 2.92. The summed E-state index contributed by atoms with van der Waals surface area (Å²) in [6.45, 7) is 0. The molecule has 0 N–H and O–H groups in total. The zero-order chi connectivity index (χ0) is 10.3. The largest absolute Gasteiger partial charge is 0.288 e. The number of carbonyl (C=O) groups excluding carboxylic acids is 1. The summed E-state index contributed by atoms with van der Waals surface area (Å²) in [5, 5.41) is 4.38. The highest BCUT2D eigenvalue weighted by atomic mass is 16.1. The predicted octanol–water partition coefficient (Wildman–Crippen LogP) is 2.19. The summed E-state index contributed by atoms with van der Waals surface area (Å²) in [7, 11) is 0. The predicted molar refractivity (Wildman–Crippen MR) is 55.6 cm³/mol. The summed E-state index contributed by atoms with van der Waals surface area (Å²) in [6.07, 6.45) is 3.23. The fourth-order valence-corrected chi connectivity index (χ4v) is 1.71. The molecule has 2 heterocycles. The van der Waals surface area contributed by atoms with Gasteiger partial charge in [-0.05, 0) is 18.2 Å². The fourth-order valence-electron chi connectivity index (χ4n) is 1.71. The number of ketones is 1. The van der Waals surface area contributed by atoms with E-state index in [4.69, 9.17) is 0 Å². The van der Waals surface area contributed by atoms with Crippen molar-refractivity contribution in [2.24, 2.45) is 0 Å². The second-order valence-corrected chi connectivity index (χ2v) is 3.35. The number of carbonyl (C=O) groups is 1. The molecule has 0 bridgehead atoms. The molecule has 1 radical (unpaired) electrons. The molecule has 3 rings (SSSR count). The third-order valence-corrected chi connectivity index (χ3v) is 2.43. The van der Waals surface area contributed by atoms with E-state index in [1.807, 2.05) is 18.2 Å². The van der Waals surface area contributed by atoms with Crippen molar-refractivity contribution in [2.75, 3.05) is 0 Å². The van der Waals surface area contributed by atoms with E-state index in [0.717, 1.165) is 5.69 Å². The van der Waals surface area contributed by atoms with Gasteiger partial charge < -0.3 is 0 Å². The molecule has 0 aliphatic carbocycles.